The molecule has 0 fully saturated rings. The first kappa shape index (κ1) is 8.73. The molecule has 5 heteroatoms. The molecule has 1 aromatic rings. The number of hydrogen-bond acceptors (Lipinski definition) is 3. The molecule has 12 heavy (non-hydrogen) atoms. The van der Waals surface area contributed by atoms with Gasteiger partial charge in [0.2, 0.25) is 0 Å². The number of nitrogens with one attached hydrogen (secondary N) is 1. The number of imidazole rings is 1. The van der Waals surface area contributed by atoms with E-state index in [4.69, 9.17) is 4.84 Å². The maximum atomic E-state index is 11.1. The minimum Gasteiger partial charge on any atom is -0.269 e. The summed E-state index contributed by atoms with van der Waals surface area (Å²) in [6.07, 6.45) is 4.44. The van der Waals surface area contributed by atoms with E-state index in [1.807, 2.05) is 13.8 Å². The highest BCUT2D eigenvalue weighted by atomic mass is 16.7. The molecule has 0 aliphatic heterocycles. The van der Waals surface area contributed by atoms with Crippen LogP contribution >= 0.6 is 0 Å². The second-order valence-electron chi connectivity index (χ2n) is 2.54. The number of hydroxylamine groups is 1. The minimum absolute atomic E-state index is 0.0301. The second kappa shape index (κ2) is 3.87. The lowest BCUT2D eigenvalue weighted by Crippen LogP contribution is -2.30. The van der Waals surface area contributed by atoms with E-state index in [1.165, 1.54) is 17.1 Å². The van der Waals surface area contributed by atoms with E-state index in [9.17, 15) is 4.79 Å². The van der Waals surface area contributed by atoms with E-state index in [-0.39, 0.29) is 12.1 Å². The van der Waals surface area contributed by atoms with Crippen molar-refractivity contribution in [2.75, 3.05) is 0 Å². The topological polar surface area (TPSA) is 56.1 Å². The Morgan fingerprint density at radius 2 is 2.42 bits per heavy atom. The Labute approximate surface area is 70.3 Å². The van der Waals surface area contributed by atoms with Gasteiger partial charge in [0.25, 0.3) is 0 Å². The molecule has 0 unspecified atom stereocenters. The third kappa shape index (κ3) is 2.35. The number of rotatable bonds is 2. The first-order chi connectivity index (χ1) is 5.70. The number of amides is 1. The van der Waals surface area contributed by atoms with E-state index in [0.29, 0.717) is 0 Å². The van der Waals surface area contributed by atoms with Crippen LogP contribution in [-0.4, -0.2) is 21.7 Å². The van der Waals surface area contributed by atoms with Crippen LogP contribution in [0.3, 0.4) is 0 Å². The number of hydrogen-bond donors (Lipinski definition) is 1. The summed E-state index contributed by atoms with van der Waals surface area (Å²) < 4.78 is 1.29. The molecule has 0 aliphatic carbocycles. The van der Waals surface area contributed by atoms with Gasteiger partial charge in [-0.15, -0.1) is 0 Å². The summed E-state index contributed by atoms with van der Waals surface area (Å²) in [4.78, 5) is 19.7. The molecule has 0 aromatic carbocycles. The molecule has 0 spiro atoms. The zero-order valence-corrected chi connectivity index (χ0v) is 7.02. The lowest BCUT2D eigenvalue weighted by molar-refractivity contribution is 0.0166. The van der Waals surface area contributed by atoms with Gasteiger partial charge in [-0.1, -0.05) is 0 Å². The largest absolute Gasteiger partial charge is 0.350 e. The Kier molecular flexibility index (Phi) is 2.82. The van der Waals surface area contributed by atoms with Crippen LogP contribution in [0, 0.1) is 0 Å². The SMILES string of the molecule is CC(C)ONC(=O)n1ccnc1. The number of carbonyl (C=O) groups is 1. The lowest BCUT2D eigenvalue weighted by atomic mass is 10.5. The molecule has 0 aliphatic rings. The summed E-state index contributed by atoms with van der Waals surface area (Å²) in [6.45, 7) is 3.66. The lowest BCUT2D eigenvalue weighted by Gasteiger charge is -2.07. The average Bonchev–Trinajstić information content (AvgIpc) is 2.51. The molecule has 0 atom stereocenters. The maximum Gasteiger partial charge on any atom is 0.350 e. The molecule has 0 saturated carbocycles. The minimum atomic E-state index is -0.346. The van der Waals surface area contributed by atoms with Crippen molar-refractivity contribution < 1.29 is 9.63 Å². The van der Waals surface area contributed by atoms with Crippen LogP contribution in [0.15, 0.2) is 18.7 Å². The summed E-state index contributed by atoms with van der Waals surface area (Å²) in [7, 11) is 0. The highest BCUT2D eigenvalue weighted by molar-refractivity contribution is 5.75. The highest BCUT2D eigenvalue weighted by Gasteiger charge is 2.02. The molecule has 0 saturated heterocycles. The van der Waals surface area contributed by atoms with Gasteiger partial charge in [0.1, 0.15) is 6.33 Å². The van der Waals surface area contributed by atoms with Crippen LogP contribution in [-0.2, 0) is 4.84 Å². The van der Waals surface area contributed by atoms with E-state index >= 15 is 0 Å². The van der Waals surface area contributed by atoms with Gasteiger partial charge in [0.05, 0.1) is 6.10 Å². The third-order valence-corrected chi connectivity index (χ3v) is 1.12. The van der Waals surface area contributed by atoms with E-state index in [0.717, 1.165) is 0 Å². The van der Waals surface area contributed by atoms with Gasteiger partial charge in [0.15, 0.2) is 0 Å². The molecule has 0 bridgehead atoms. The summed E-state index contributed by atoms with van der Waals surface area (Å²) in [5.41, 5.74) is 2.27. The standard InChI is InChI=1S/C7H11N3O2/c1-6(2)12-9-7(11)10-4-3-8-5-10/h3-6H,1-2H3,(H,9,11). The predicted molar refractivity (Wildman–Crippen MR) is 42.4 cm³/mol. The summed E-state index contributed by atoms with van der Waals surface area (Å²) >= 11 is 0. The van der Waals surface area contributed by atoms with E-state index in [1.54, 1.807) is 6.20 Å². The van der Waals surface area contributed by atoms with Crippen LogP contribution in [0.25, 0.3) is 0 Å². The number of nitrogens with zero attached hydrogens (tertiary/aromatic N) is 2. The van der Waals surface area contributed by atoms with Gasteiger partial charge < -0.3 is 0 Å². The quantitative estimate of drug-likeness (QED) is 0.665. The summed E-state index contributed by atoms with van der Waals surface area (Å²) in [5, 5.41) is 0. The molecule has 1 heterocycles. The maximum absolute atomic E-state index is 11.1. The zero-order valence-electron chi connectivity index (χ0n) is 7.02. The molecule has 1 aromatic heterocycles. The molecule has 0 radical (unpaired) electrons. The predicted octanol–water partition coefficient (Wildman–Crippen LogP) is 0.781. The van der Waals surface area contributed by atoms with Gasteiger partial charge in [-0.2, -0.15) is 0 Å². The van der Waals surface area contributed by atoms with Crippen LogP contribution < -0.4 is 5.48 Å². The smallest absolute Gasteiger partial charge is 0.269 e. The van der Waals surface area contributed by atoms with Crippen molar-refractivity contribution in [3.05, 3.63) is 18.7 Å². The van der Waals surface area contributed by atoms with Gasteiger partial charge in [0, 0.05) is 12.4 Å². The van der Waals surface area contributed by atoms with Crippen molar-refractivity contribution in [2.45, 2.75) is 20.0 Å². The van der Waals surface area contributed by atoms with Gasteiger partial charge in [-0.3, -0.25) is 9.40 Å². The fourth-order valence-corrected chi connectivity index (χ4v) is 0.600. The van der Waals surface area contributed by atoms with Crippen LogP contribution in [0.4, 0.5) is 4.79 Å². The fourth-order valence-electron chi connectivity index (χ4n) is 0.600. The van der Waals surface area contributed by atoms with Gasteiger partial charge in [-0.25, -0.2) is 15.3 Å². The first-order valence-electron chi connectivity index (χ1n) is 3.64. The average molecular weight is 169 g/mol. The van der Waals surface area contributed by atoms with Crippen LogP contribution in [0.5, 0.6) is 0 Å². The van der Waals surface area contributed by atoms with Crippen LogP contribution in [0.2, 0.25) is 0 Å². The van der Waals surface area contributed by atoms with Gasteiger partial charge in [-0.05, 0) is 13.8 Å². The van der Waals surface area contributed by atoms with Crippen molar-refractivity contribution in [2.24, 2.45) is 0 Å². The van der Waals surface area contributed by atoms with Crippen molar-refractivity contribution in [3.8, 4) is 0 Å². The van der Waals surface area contributed by atoms with E-state index < -0.39 is 0 Å². The van der Waals surface area contributed by atoms with Crippen molar-refractivity contribution in [1.82, 2.24) is 15.0 Å². The second-order valence-corrected chi connectivity index (χ2v) is 2.54. The molecule has 1 N–H and O–H groups in total. The number of aromatic nitrogens is 2. The Bertz CT molecular complexity index is 243. The van der Waals surface area contributed by atoms with Crippen molar-refractivity contribution in [3.63, 3.8) is 0 Å². The Hall–Kier alpha value is -1.36. The first-order valence-corrected chi connectivity index (χ1v) is 3.64. The Balaban J connectivity index is 2.40. The normalized spacial score (nSPS) is 10.2. The summed E-state index contributed by atoms with van der Waals surface area (Å²) in [5.74, 6) is 0. The molecule has 1 rings (SSSR count). The van der Waals surface area contributed by atoms with E-state index in [2.05, 4.69) is 10.5 Å². The van der Waals surface area contributed by atoms with Crippen LogP contribution in [0.1, 0.15) is 13.8 Å². The summed E-state index contributed by atoms with van der Waals surface area (Å²) in [6, 6.07) is -0.346. The Morgan fingerprint density at radius 1 is 1.67 bits per heavy atom. The van der Waals surface area contributed by atoms with Gasteiger partial charge >= 0.3 is 6.03 Å². The molecule has 1 amide bonds. The third-order valence-electron chi connectivity index (χ3n) is 1.12. The van der Waals surface area contributed by atoms with Crippen molar-refractivity contribution >= 4 is 6.03 Å². The molecular weight excluding hydrogens is 158 g/mol. The molecule has 66 valence electrons. The molecular formula is C7H11N3O2. The highest BCUT2D eigenvalue weighted by Crippen LogP contribution is 1.87. The molecule has 5 nitrogen and oxygen atoms in total. The number of carbonyl (C=O) groups excluding carboxylic acids is 1. The zero-order chi connectivity index (χ0) is 8.97. The monoisotopic (exact) mass is 169 g/mol. The fraction of sp³-hybridized carbons (Fsp3) is 0.429. The Morgan fingerprint density at radius 3 is 2.92 bits per heavy atom. The van der Waals surface area contributed by atoms with Crippen molar-refractivity contribution in [1.29, 1.82) is 0 Å².